The summed E-state index contributed by atoms with van der Waals surface area (Å²) in [7, 11) is 0. The lowest BCUT2D eigenvalue weighted by molar-refractivity contribution is 0.517. The Morgan fingerprint density at radius 2 is 2.12 bits per heavy atom. The molecule has 2 N–H and O–H groups in total. The molecule has 1 aromatic carbocycles. The van der Waals surface area contributed by atoms with Gasteiger partial charge in [0.2, 0.25) is 4.96 Å². The van der Waals surface area contributed by atoms with Crippen LogP contribution in [0.15, 0.2) is 45.8 Å². The smallest absolute Gasteiger partial charge is 0.297 e. The lowest BCUT2D eigenvalue weighted by atomic mass is 10.1. The van der Waals surface area contributed by atoms with E-state index in [0.29, 0.717) is 27.1 Å². The third kappa shape index (κ3) is 2.37. The minimum atomic E-state index is -0.291. The van der Waals surface area contributed by atoms with Crippen LogP contribution >= 0.6 is 11.3 Å². The molecule has 120 valence electrons. The summed E-state index contributed by atoms with van der Waals surface area (Å²) in [4.78, 5) is 13.0. The van der Waals surface area contributed by atoms with E-state index >= 15 is 0 Å². The molecule has 0 aliphatic carbocycles. The van der Waals surface area contributed by atoms with Gasteiger partial charge in [-0.05, 0) is 30.7 Å². The number of nitrogens with two attached hydrogens (primary N) is 1. The van der Waals surface area contributed by atoms with Gasteiger partial charge in [0.25, 0.3) is 5.56 Å². The van der Waals surface area contributed by atoms with Crippen LogP contribution in [-0.4, -0.2) is 19.8 Å². The summed E-state index contributed by atoms with van der Waals surface area (Å²) in [6, 6.07) is 9.17. The van der Waals surface area contributed by atoms with Crippen molar-refractivity contribution in [2.24, 2.45) is 0 Å². The zero-order valence-corrected chi connectivity index (χ0v) is 13.6. The summed E-state index contributed by atoms with van der Waals surface area (Å²) in [5, 5.41) is 13.2. The summed E-state index contributed by atoms with van der Waals surface area (Å²) in [6.07, 6.45) is 1.84. The molecule has 0 saturated carbocycles. The van der Waals surface area contributed by atoms with E-state index in [1.54, 1.807) is 18.4 Å². The first kappa shape index (κ1) is 14.6. The fourth-order valence-corrected chi connectivity index (χ4v) is 3.35. The van der Waals surface area contributed by atoms with Gasteiger partial charge in [-0.2, -0.15) is 9.61 Å². The number of nitrogens with zero attached hydrogens (tertiary/aromatic N) is 4. The van der Waals surface area contributed by atoms with Gasteiger partial charge in [0.15, 0.2) is 0 Å². The molecule has 0 amide bonds. The SMILES string of the molecule is Cc1c(N)cccc1-c1nn2c(=O)c(Cc3ccco3)nnc2s1. The topological polar surface area (TPSA) is 99.3 Å². The predicted octanol–water partition coefficient (Wildman–Crippen LogP) is 2.29. The number of furan rings is 1. The Balaban J connectivity index is 1.82. The summed E-state index contributed by atoms with van der Waals surface area (Å²) in [6.45, 7) is 1.92. The van der Waals surface area contributed by atoms with Crippen molar-refractivity contribution >= 4 is 22.0 Å². The number of benzene rings is 1. The van der Waals surface area contributed by atoms with Gasteiger partial charge in [0.05, 0.1) is 12.7 Å². The third-order valence-corrected chi connectivity index (χ3v) is 4.72. The molecular formula is C16H13N5O2S. The van der Waals surface area contributed by atoms with Crippen LogP contribution in [-0.2, 0) is 6.42 Å². The molecule has 0 saturated heterocycles. The quantitative estimate of drug-likeness (QED) is 0.575. The lowest BCUT2D eigenvalue weighted by Crippen LogP contribution is -2.22. The van der Waals surface area contributed by atoms with Crippen molar-refractivity contribution in [2.45, 2.75) is 13.3 Å². The second-order valence-electron chi connectivity index (χ2n) is 5.33. The zero-order chi connectivity index (χ0) is 16.7. The summed E-state index contributed by atoms with van der Waals surface area (Å²) >= 11 is 1.30. The Morgan fingerprint density at radius 1 is 1.25 bits per heavy atom. The van der Waals surface area contributed by atoms with Crippen LogP contribution in [0.1, 0.15) is 17.0 Å². The summed E-state index contributed by atoms with van der Waals surface area (Å²) in [5.41, 5.74) is 8.45. The highest BCUT2D eigenvalue weighted by Gasteiger charge is 2.15. The van der Waals surface area contributed by atoms with Crippen molar-refractivity contribution in [1.29, 1.82) is 0 Å². The molecule has 0 bridgehead atoms. The van der Waals surface area contributed by atoms with Gasteiger partial charge in [0, 0.05) is 11.3 Å². The molecule has 7 nitrogen and oxygen atoms in total. The Morgan fingerprint density at radius 3 is 2.92 bits per heavy atom. The van der Waals surface area contributed by atoms with Crippen molar-refractivity contribution in [1.82, 2.24) is 19.8 Å². The third-order valence-electron chi connectivity index (χ3n) is 3.78. The first-order valence-electron chi connectivity index (χ1n) is 7.27. The van der Waals surface area contributed by atoms with E-state index in [9.17, 15) is 4.79 Å². The minimum Gasteiger partial charge on any atom is -0.469 e. The molecule has 0 unspecified atom stereocenters. The van der Waals surface area contributed by atoms with Crippen LogP contribution < -0.4 is 11.3 Å². The maximum atomic E-state index is 12.6. The van der Waals surface area contributed by atoms with Crippen molar-refractivity contribution in [3.8, 4) is 10.6 Å². The van der Waals surface area contributed by atoms with Gasteiger partial charge < -0.3 is 10.2 Å². The minimum absolute atomic E-state index is 0.284. The Labute approximate surface area is 140 Å². The second-order valence-corrected chi connectivity index (χ2v) is 6.29. The average molecular weight is 339 g/mol. The number of fused-ring (bicyclic) bond motifs is 1. The molecule has 0 spiro atoms. The molecule has 0 fully saturated rings. The van der Waals surface area contributed by atoms with E-state index in [0.717, 1.165) is 11.1 Å². The van der Waals surface area contributed by atoms with Gasteiger partial charge in [-0.1, -0.05) is 23.5 Å². The highest BCUT2D eigenvalue weighted by molar-refractivity contribution is 7.19. The van der Waals surface area contributed by atoms with E-state index < -0.39 is 0 Å². The molecule has 0 aliphatic rings. The van der Waals surface area contributed by atoms with Crippen molar-refractivity contribution in [3.05, 3.63) is 64.0 Å². The summed E-state index contributed by atoms with van der Waals surface area (Å²) in [5.74, 6) is 0.656. The van der Waals surface area contributed by atoms with Crippen LogP contribution in [0.25, 0.3) is 15.5 Å². The number of hydrogen-bond acceptors (Lipinski definition) is 7. The Kier molecular flexibility index (Phi) is 3.39. The van der Waals surface area contributed by atoms with Crippen molar-refractivity contribution in [3.63, 3.8) is 0 Å². The Hall–Kier alpha value is -3.00. The molecule has 0 aliphatic heterocycles. The molecule has 4 rings (SSSR count). The fraction of sp³-hybridized carbons (Fsp3) is 0.125. The summed E-state index contributed by atoms with van der Waals surface area (Å²) < 4.78 is 6.55. The van der Waals surface area contributed by atoms with E-state index in [-0.39, 0.29) is 12.0 Å². The van der Waals surface area contributed by atoms with Gasteiger partial charge >= 0.3 is 0 Å². The maximum absolute atomic E-state index is 12.6. The normalized spacial score (nSPS) is 11.2. The zero-order valence-electron chi connectivity index (χ0n) is 12.8. The van der Waals surface area contributed by atoms with E-state index in [4.69, 9.17) is 10.2 Å². The monoisotopic (exact) mass is 339 g/mol. The van der Waals surface area contributed by atoms with E-state index in [1.807, 2.05) is 25.1 Å². The number of rotatable bonds is 3. The van der Waals surface area contributed by atoms with Crippen LogP contribution in [0.3, 0.4) is 0 Å². The van der Waals surface area contributed by atoms with Gasteiger partial charge in [-0.3, -0.25) is 4.79 Å². The fourth-order valence-electron chi connectivity index (χ4n) is 2.43. The average Bonchev–Trinajstić information content (AvgIpc) is 3.22. The van der Waals surface area contributed by atoms with Gasteiger partial charge in [-0.25, -0.2) is 0 Å². The first-order valence-corrected chi connectivity index (χ1v) is 8.08. The van der Waals surface area contributed by atoms with Gasteiger partial charge in [0.1, 0.15) is 16.5 Å². The molecule has 4 aromatic rings. The largest absolute Gasteiger partial charge is 0.469 e. The van der Waals surface area contributed by atoms with Crippen LogP contribution in [0.2, 0.25) is 0 Å². The highest BCUT2D eigenvalue weighted by Crippen LogP contribution is 2.29. The van der Waals surface area contributed by atoms with E-state index in [1.165, 1.54) is 15.9 Å². The second kappa shape index (κ2) is 5.57. The van der Waals surface area contributed by atoms with Crippen LogP contribution in [0.4, 0.5) is 5.69 Å². The number of anilines is 1. The molecule has 3 aromatic heterocycles. The molecular weight excluding hydrogens is 326 g/mol. The molecule has 8 heteroatoms. The molecule has 24 heavy (non-hydrogen) atoms. The Bertz CT molecular complexity index is 1080. The van der Waals surface area contributed by atoms with Crippen LogP contribution in [0, 0.1) is 6.92 Å². The van der Waals surface area contributed by atoms with E-state index in [2.05, 4.69) is 15.3 Å². The van der Waals surface area contributed by atoms with Gasteiger partial charge in [-0.15, -0.1) is 10.2 Å². The van der Waals surface area contributed by atoms with Crippen molar-refractivity contribution in [2.75, 3.05) is 5.73 Å². The molecule has 0 radical (unpaired) electrons. The molecule has 3 heterocycles. The highest BCUT2D eigenvalue weighted by atomic mass is 32.1. The standard InChI is InChI=1S/C16H13N5O2S/c1-9-11(5-2-6-12(9)17)14-20-21-15(22)13(18-19-16(21)24-14)8-10-4-3-7-23-10/h2-7H,8,17H2,1H3. The maximum Gasteiger partial charge on any atom is 0.297 e. The predicted molar refractivity (Wildman–Crippen MR) is 91.0 cm³/mol. The van der Waals surface area contributed by atoms with Crippen LogP contribution in [0.5, 0.6) is 0 Å². The van der Waals surface area contributed by atoms with Crippen molar-refractivity contribution < 1.29 is 4.42 Å². The lowest BCUT2D eigenvalue weighted by Gasteiger charge is -2.03. The number of hydrogen-bond donors (Lipinski definition) is 1. The number of aromatic nitrogens is 4. The number of nitrogen functional groups attached to an aromatic ring is 1. The molecule has 0 atom stereocenters. The first-order chi connectivity index (χ1) is 11.6.